The largest absolute Gasteiger partial charge is 0.480 e. The van der Waals surface area contributed by atoms with Gasteiger partial charge in [-0.15, -0.1) is 0 Å². The highest BCUT2D eigenvalue weighted by Gasteiger charge is 2.26. The van der Waals surface area contributed by atoms with E-state index in [0.29, 0.717) is 12.1 Å². The lowest BCUT2D eigenvalue weighted by Gasteiger charge is -2.14. The minimum Gasteiger partial charge on any atom is -0.480 e. The summed E-state index contributed by atoms with van der Waals surface area (Å²) < 4.78 is 5.79. The fourth-order valence-electron chi connectivity index (χ4n) is 3.09. The van der Waals surface area contributed by atoms with Gasteiger partial charge in [0.05, 0.1) is 5.56 Å². The third-order valence-corrected chi connectivity index (χ3v) is 4.49. The number of amides is 1. The van der Waals surface area contributed by atoms with Crippen LogP contribution in [0.15, 0.2) is 72.8 Å². The number of fused-ring (bicyclic) bond motifs is 1. The number of carboxylic acids is 1. The zero-order valence-electron chi connectivity index (χ0n) is 14.4. The van der Waals surface area contributed by atoms with Gasteiger partial charge in [0.25, 0.3) is 5.91 Å². The molecule has 1 atom stereocenters. The number of benzene rings is 3. The summed E-state index contributed by atoms with van der Waals surface area (Å²) in [5.74, 6) is -0.455. The van der Waals surface area contributed by atoms with Gasteiger partial charge >= 0.3 is 5.97 Å². The predicted molar refractivity (Wildman–Crippen MR) is 103 cm³/mol. The monoisotopic (exact) mass is 359 g/mol. The van der Waals surface area contributed by atoms with E-state index in [0.717, 1.165) is 22.1 Å². The lowest BCUT2D eigenvalue weighted by molar-refractivity contribution is -0.123. The van der Waals surface area contributed by atoms with Crippen molar-refractivity contribution in [3.63, 3.8) is 0 Å². The maximum atomic E-state index is 12.5. The molecular weight excluding hydrogens is 342 g/mol. The Hall–Kier alpha value is -3.60. The van der Waals surface area contributed by atoms with Crippen LogP contribution >= 0.6 is 0 Å². The molecule has 5 heteroatoms. The fourth-order valence-corrected chi connectivity index (χ4v) is 3.09. The molecule has 1 aliphatic rings. The molecule has 0 saturated heterocycles. The van der Waals surface area contributed by atoms with Gasteiger partial charge in [0.2, 0.25) is 0 Å². The van der Waals surface area contributed by atoms with Crippen LogP contribution < -0.4 is 5.32 Å². The second-order valence-electron chi connectivity index (χ2n) is 6.35. The van der Waals surface area contributed by atoms with E-state index in [-0.39, 0.29) is 11.5 Å². The molecular formula is C22H17NO4. The average molecular weight is 359 g/mol. The summed E-state index contributed by atoms with van der Waals surface area (Å²) in [5, 5.41) is 13.6. The molecule has 5 nitrogen and oxygen atoms in total. The Balaban J connectivity index is 1.45. The van der Waals surface area contributed by atoms with Gasteiger partial charge in [0.1, 0.15) is 5.76 Å². The highest BCUT2D eigenvalue weighted by atomic mass is 16.5. The summed E-state index contributed by atoms with van der Waals surface area (Å²) in [6, 6.07) is 19.9. The van der Waals surface area contributed by atoms with Crippen LogP contribution in [0.25, 0.3) is 16.5 Å². The first kappa shape index (κ1) is 16.8. The number of hydrogen-bond acceptors (Lipinski definition) is 3. The summed E-state index contributed by atoms with van der Waals surface area (Å²) in [4.78, 5) is 23.6. The van der Waals surface area contributed by atoms with Crippen LogP contribution in [0.4, 0.5) is 5.69 Å². The molecule has 1 aliphatic heterocycles. The number of hydrogen-bond donors (Lipinski definition) is 2. The minimum absolute atomic E-state index is 0.210. The van der Waals surface area contributed by atoms with Gasteiger partial charge < -0.3 is 15.2 Å². The van der Waals surface area contributed by atoms with Crippen molar-refractivity contribution < 1.29 is 19.4 Å². The van der Waals surface area contributed by atoms with Crippen molar-refractivity contribution in [3.05, 3.63) is 83.9 Å². The van der Waals surface area contributed by atoms with Crippen LogP contribution in [-0.4, -0.2) is 23.1 Å². The van der Waals surface area contributed by atoms with E-state index in [4.69, 9.17) is 9.84 Å². The third-order valence-electron chi connectivity index (χ3n) is 4.49. The number of anilines is 1. The van der Waals surface area contributed by atoms with E-state index >= 15 is 0 Å². The molecule has 3 aromatic carbocycles. The number of carboxylic acid groups (broad SMARTS) is 1. The maximum Gasteiger partial charge on any atom is 0.335 e. The van der Waals surface area contributed by atoms with Crippen LogP contribution in [0.5, 0.6) is 0 Å². The minimum atomic E-state index is -0.964. The molecule has 0 spiro atoms. The number of rotatable bonds is 4. The first-order valence-electron chi connectivity index (χ1n) is 8.60. The van der Waals surface area contributed by atoms with Gasteiger partial charge in [-0.3, -0.25) is 4.79 Å². The average Bonchev–Trinajstić information content (AvgIpc) is 3.18. The highest BCUT2D eigenvalue weighted by Crippen LogP contribution is 2.27. The summed E-state index contributed by atoms with van der Waals surface area (Å²) in [5.41, 5.74) is 1.83. The van der Waals surface area contributed by atoms with Crippen molar-refractivity contribution in [1.29, 1.82) is 0 Å². The molecule has 3 aromatic rings. The molecule has 4 rings (SSSR count). The number of carbonyl (C=O) groups is 2. The van der Waals surface area contributed by atoms with E-state index < -0.39 is 12.1 Å². The normalized spacial score (nSPS) is 15.9. The first-order valence-corrected chi connectivity index (χ1v) is 8.60. The van der Waals surface area contributed by atoms with Gasteiger partial charge in [0.15, 0.2) is 6.10 Å². The summed E-state index contributed by atoms with van der Waals surface area (Å²) in [7, 11) is 0. The SMILES string of the molecule is O=C(O)c1ccc2cc(NC(=O)C3CC=C(c4ccccc4)O3)ccc2c1. The molecule has 1 heterocycles. The zero-order chi connectivity index (χ0) is 18.8. The molecule has 2 N–H and O–H groups in total. The second-order valence-corrected chi connectivity index (χ2v) is 6.35. The van der Waals surface area contributed by atoms with Crippen molar-refractivity contribution in [1.82, 2.24) is 0 Å². The van der Waals surface area contributed by atoms with Crippen molar-refractivity contribution in [2.45, 2.75) is 12.5 Å². The van der Waals surface area contributed by atoms with E-state index in [9.17, 15) is 9.59 Å². The molecule has 0 saturated carbocycles. The van der Waals surface area contributed by atoms with E-state index in [2.05, 4.69) is 5.32 Å². The molecule has 0 aromatic heterocycles. The highest BCUT2D eigenvalue weighted by molar-refractivity contribution is 5.99. The number of nitrogens with one attached hydrogen (secondary N) is 1. The van der Waals surface area contributed by atoms with Crippen LogP contribution in [0.1, 0.15) is 22.3 Å². The molecule has 1 unspecified atom stereocenters. The Labute approximate surface area is 155 Å². The van der Waals surface area contributed by atoms with E-state index in [1.165, 1.54) is 0 Å². The number of ether oxygens (including phenoxy) is 1. The third kappa shape index (κ3) is 3.53. The smallest absolute Gasteiger partial charge is 0.335 e. The standard InChI is InChI=1S/C22H17NO4/c24-21(20-11-10-19(27-20)14-4-2-1-3-5-14)23-18-9-8-15-12-17(22(25)26)7-6-16(15)13-18/h1-10,12-13,20H,11H2,(H,23,24)(H,25,26). The Morgan fingerprint density at radius 1 is 0.963 bits per heavy atom. The fraction of sp³-hybridized carbons (Fsp3) is 0.0909. The number of aromatic carboxylic acids is 1. The first-order chi connectivity index (χ1) is 13.1. The van der Waals surface area contributed by atoms with Crippen molar-refractivity contribution in [2.75, 3.05) is 5.32 Å². The van der Waals surface area contributed by atoms with Gasteiger partial charge in [-0.1, -0.05) is 42.5 Å². The van der Waals surface area contributed by atoms with Gasteiger partial charge in [0, 0.05) is 17.7 Å². The predicted octanol–water partition coefficient (Wildman–Crippen LogP) is 4.31. The van der Waals surface area contributed by atoms with Crippen molar-refractivity contribution in [3.8, 4) is 0 Å². The van der Waals surface area contributed by atoms with Gasteiger partial charge in [-0.05, 0) is 41.1 Å². The molecule has 1 amide bonds. The lowest BCUT2D eigenvalue weighted by Crippen LogP contribution is -2.27. The summed E-state index contributed by atoms with van der Waals surface area (Å²) >= 11 is 0. The molecule has 0 radical (unpaired) electrons. The van der Waals surface area contributed by atoms with Gasteiger partial charge in [-0.25, -0.2) is 4.79 Å². The Kier molecular flexibility index (Phi) is 4.34. The van der Waals surface area contributed by atoms with Gasteiger partial charge in [-0.2, -0.15) is 0 Å². The van der Waals surface area contributed by atoms with Crippen molar-refractivity contribution >= 4 is 34.1 Å². The Morgan fingerprint density at radius 3 is 2.48 bits per heavy atom. The lowest BCUT2D eigenvalue weighted by atomic mass is 10.1. The van der Waals surface area contributed by atoms with E-state index in [1.54, 1.807) is 30.3 Å². The van der Waals surface area contributed by atoms with E-state index in [1.807, 2.05) is 42.5 Å². The number of carbonyl (C=O) groups excluding carboxylic acids is 1. The van der Waals surface area contributed by atoms with Crippen molar-refractivity contribution in [2.24, 2.45) is 0 Å². The molecule has 27 heavy (non-hydrogen) atoms. The molecule has 0 aliphatic carbocycles. The zero-order valence-corrected chi connectivity index (χ0v) is 14.4. The summed E-state index contributed by atoms with van der Waals surface area (Å²) in [6.07, 6.45) is 1.88. The molecule has 134 valence electrons. The Morgan fingerprint density at radius 2 is 1.70 bits per heavy atom. The molecule has 0 fully saturated rings. The molecule has 0 bridgehead atoms. The quantitative estimate of drug-likeness (QED) is 0.728. The summed E-state index contributed by atoms with van der Waals surface area (Å²) in [6.45, 7) is 0. The van der Waals surface area contributed by atoms with Crippen LogP contribution in [0, 0.1) is 0 Å². The van der Waals surface area contributed by atoms with Crippen LogP contribution in [0.2, 0.25) is 0 Å². The van der Waals surface area contributed by atoms with Crippen LogP contribution in [-0.2, 0) is 9.53 Å². The van der Waals surface area contributed by atoms with Crippen LogP contribution in [0.3, 0.4) is 0 Å². The maximum absolute atomic E-state index is 12.5. The topological polar surface area (TPSA) is 75.6 Å². The Bertz CT molecular complexity index is 1060. The second kappa shape index (κ2) is 6.96.